The average molecular weight is 365 g/mol. The molecule has 1 aliphatic heterocycles. The molecule has 138 valence electrons. The van der Waals surface area contributed by atoms with E-state index in [9.17, 15) is 14.0 Å². The van der Waals surface area contributed by atoms with E-state index in [0.29, 0.717) is 18.4 Å². The number of fused-ring (bicyclic) bond motifs is 3. The molecule has 0 aliphatic carbocycles. The summed E-state index contributed by atoms with van der Waals surface area (Å²) in [4.78, 5) is 24.3. The number of nitrogens with two attached hydrogens (primary N) is 2. The maximum Gasteiger partial charge on any atom is 0.250 e. The van der Waals surface area contributed by atoms with Gasteiger partial charge >= 0.3 is 0 Å². The van der Waals surface area contributed by atoms with Gasteiger partial charge in [0.15, 0.2) is 0 Å². The Bertz CT molecular complexity index is 1130. The highest BCUT2D eigenvalue weighted by Gasteiger charge is 2.35. The number of nitrogen functional groups attached to an aromatic ring is 1. The number of halogens is 1. The van der Waals surface area contributed by atoms with Crippen molar-refractivity contribution >= 4 is 28.4 Å². The number of anilines is 1. The van der Waals surface area contributed by atoms with E-state index < -0.39 is 11.7 Å². The van der Waals surface area contributed by atoms with Gasteiger partial charge in [-0.1, -0.05) is 19.9 Å². The number of carbonyl (C=O) groups excluding carboxylic acids is 2. The minimum absolute atomic E-state index is 0.0511. The number of primary amides is 1. The molecule has 0 saturated heterocycles. The lowest BCUT2D eigenvalue weighted by Gasteiger charge is -2.30. The molecular weight excluding hydrogens is 345 g/mol. The summed E-state index contributed by atoms with van der Waals surface area (Å²) in [6.07, 6.45) is 1.06. The Kier molecular flexibility index (Phi) is 3.63. The minimum atomic E-state index is -0.596. The van der Waals surface area contributed by atoms with Crippen LogP contribution in [0.1, 0.15) is 41.1 Å². The summed E-state index contributed by atoms with van der Waals surface area (Å²) in [5, 5.41) is 0.781. The maximum absolute atomic E-state index is 13.9. The van der Waals surface area contributed by atoms with E-state index in [1.165, 1.54) is 12.1 Å². The summed E-state index contributed by atoms with van der Waals surface area (Å²) < 4.78 is 15.5. The van der Waals surface area contributed by atoms with Crippen molar-refractivity contribution in [2.45, 2.75) is 26.7 Å². The highest BCUT2D eigenvalue weighted by Crippen LogP contribution is 2.43. The molecule has 4 rings (SSSR count). The molecule has 4 N–H and O–H groups in total. The fourth-order valence-electron chi connectivity index (χ4n) is 4.04. The Labute approximate surface area is 155 Å². The van der Waals surface area contributed by atoms with E-state index in [-0.39, 0.29) is 22.6 Å². The van der Waals surface area contributed by atoms with Gasteiger partial charge in [0.25, 0.3) is 5.91 Å². The first-order valence-corrected chi connectivity index (χ1v) is 8.74. The van der Waals surface area contributed by atoms with Crippen LogP contribution in [0, 0.1) is 11.2 Å². The maximum atomic E-state index is 13.9. The summed E-state index contributed by atoms with van der Waals surface area (Å²) in [6.45, 7) is 4.09. The molecule has 2 heterocycles. The summed E-state index contributed by atoms with van der Waals surface area (Å²) in [6, 6.07) is 9.49. The normalized spacial score (nSPS) is 15.7. The van der Waals surface area contributed by atoms with Crippen LogP contribution >= 0.6 is 0 Å². The number of benzene rings is 2. The van der Waals surface area contributed by atoms with Crippen molar-refractivity contribution in [3.05, 3.63) is 53.5 Å². The zero-order chi connectivity index (χ0) is 19.5. The molecule has 3 aromatic rings. The van der Waals surface area contributed by atoms with Crippen LogP contribution in [0.15, 0.2) is 36.4 Å². The zero-order valence-electron chi connectivity index (χ0n) is 15.2. The minimum Gasteiger partial charge on any atom is -0.398 e. The number of carbonyl (C=O) groups is 2. The van der Waals surface area contributed by atoms with Crippen LogP contribution in [0.3, 0.4) is 0 Å². The second-order valence-electron chi connectivity index (χ2n) is 7.90. The first-order valence-electron chi connectivity index (χ1n) is 8.74. The number of hydrogen-bond donors (Lipinski definition) is 2. The van der Waals surface area contributed by atoms with Crippen molar-refractivity contribution in [2.75, 3.05) is 5.73 Å². The lowest BCUT2D eigenvalue weighted by molar-refractivity contribution is 0.0816. The largest absolute Gasteiger partial charge is 0.398 e. The van der Waals surface area contributed by atoms with Crippen molar-refractivity contribution in [3.63, 3.8) is 0 Å². The van der Waals surface area contributed by atoms with Crippen LogP contribution in [0.25, 0.3) is 22.0 Å². The molecule has 5 nitrogen and oxygen atoms in total. The number of nitrogens with zero attached hydrogens (tertiary/aromatic N) is 1. The molecule has 6 heteroatoms. The molecule has 0 atom stereocenters. The number of rotatable bonds is 2. The first-order chi connectivity index (χ1) is 12.7. The fourth-order valence-corrected chi connectivity index (χ4v) is 4.04. The number of amides is 1. The van der Waals surface area contributed by atoms with Gasteiger partial charge in [0.1, 0.15) is 5.82 Å². The molecule has 0 bridgehead atoms. The van der Waals surface area contributed by atoms with Crippen LogP contribution in [0.4, 0.5) is 10.1 Å². The predicted octanol–water partition coefficient (Wildman–Crippen LogP) is 3.74. The third-order valence-corrected chi connectivity index (χ3v) is 5.16. The van der Waals surface area contributed by atoms with E-state index in [2.05, 4.69) is 0 Å². The Morgan fingerprint density at radius 3 is 2.56 bits per heavy atom. The predicted molar refractivity (Wildman–Crippen MR) is 103 cm³/mol. The topological polar surface area (TPSA) is 91.1 Å². The van der Waals surface area contributed by atoms with E-state index in [0.717, 1.165) is 22.2 Å². The Balaban J connectivity index is 2.05. The van der Waals surface area contributed by atoms with Gasteiger partial charge in [0, 0.05) is 28.8 Å². The van der Waals surface area contributed by atoms with Crippen molar-refractivity contribution < 1.29 is 14.0 Å². The molecular formula is C21H20FN3O2. The van der Waals surface area contributed by atoms with Crippen LogP contribution < -0.4 is 11.5 Å². The van der Waals surface area contributed by atoms with Gasteiger partial charge in [-0.2, -0.15) is 0 Å². The average Bonchev–Trinajstić information content (AvgIpc) is 2.86. The Hall–Kier alpha value is -3.15. The third kappa shape index (κ3) is 2.68. The zero-order valence-corrected chi connectivity index (χ0v) is 15.2. The second-order valence-corrected chi connectivity index (χ2v) is 7.90. The SMILES string of the molecule is CC1(C)CC(=O)n2c(c(-c3ccc(C(N)=O)c(N)c3)c3ccc(F)cc32)C1. The van der Waals surface area contributed by atoms with Crippen molar-refractivity contribution in [3.8, 4) is 11.1 Å². The summed E-state index contributed by atoms with van der Waals surface area (Å²) in [5.74, 6) is -1.04. The molecule has 2 aromatic carbocycles. The van der Waals surface area contributed by atoms with Gasteiger partial charge < -0.3 is 11.5 Å². The molecule has 0 radical (unpaired) electrons. The Morgan fingerprint density at radius 1 is 1.15 bits per heavy atom. The highest BCUT2D eigenvalue weighted by molar-refractivity contribution is 6.06. The van der Waals surface area contributed by atoms with Gasteiger partial charge in [-0.05, 0) is 47.7 Å². The molecule has 1 amide bonds. The highest BCUT2D eigenvalue weighted by atomic mass is 19.1. The first kappa shape index (κ1) is 17.3. The molecule has 0 fully saturated rings. The number of hydrogen-bond acceptors (Lipinski definition) is 3. The molecule has 0 spiro atoms. The summed E-state index contributed by atoms with van der Waals surface area (Å²) in [7, 11) is 0. The quantitative estimate of drug-likeness (QED) is 0.678. The van der Waals surface area contributed by atoms with Crippen LogP contribution in [-0.4, -0.2) is 16.4 Å². The number of aromatic nitrogens is 1. The van der Waals surface area contributed by atoms with Crippen molar-refractivity contribution in [1.82, 2.24) is 4.57 Å². The molecule has 0 saturated carbocycles. The smallest absolute Gasteiger partial charge is 0.250 e. The standard InChI is InChI=1S/C21H20FN3O2/c1-21(2)9-17-19(11-3-5-13(20(24)27)15(23)7-11)14-6-4-12(22)8-16(14)25(17)18(26)10-21/h3-8H,9-10,23H2,1-2H3,(H2,24,27). The Morgan fingerprint density at radius 2 is 1.89 bits per heavy atom. The molecule has 27 heavy (non-hydrogen) atoms. The van der Waals surface area contributed by atoms with Crippen LogP contribution in [0.5, 0.6) is 0 Å². The molecule has 1 aromatic heterocycles. The van der Waals surface area contributed by atoms with Gasteiger partial charge in [-0.3, -0.25) is 14.2 Å². The lowest BCUT2D eigenvalue weighted by Crippen LogP contribution is -2.31. The van der Waals surface area contributed by atoms with Crippen LogP contribution in [0.2, 0.25) is 0 Å². The van der Waals surface area contributed by atoms with E-state index in [4.69, 9.17) is 11.5 Å². The van der Waals surface area contributed by atoms with Gasteiger partial charge in [0.2, 0.25) is 5.91 Å². The monoisotopic (exact) mass is 365 g/mol. The van der Waals surface area contributed by atoms with Crippen molar-refractivity contribution in [2.24, 2.45) is 11.1 Å². The van der Waals surface area contributed by atoms with Gasteiger partial charge in [-0.25, -0.2) is 4.39 Å². The lowest BCUT2D eigenvalue weighted by atomic mass is 9.80. The van der Waals surface area contributed by atoms with Gasteiger partial charge in [0.05, 0.1) is 11.1 Å². The molecule has 1 aliphatic rings. The third-order valence-electron chi connectivity index (χ3n) is 5.16. The summed E-state index contributed by atoms with van der Waals surface area (Å²) >= 11 is 0. The van der Waals surface area contributed by atoms with E-state index >= 15 is 0 Å². The van der Waals surface area contributed by atoms with Gasteiger partial charge in [-0.15, -0.1) is 0 Å². The fraction of sp³-hybridized carbons (Fsp3) is 0.238. The summed E-state index contributed by atoms with van der Waals surface area (Å²) in [5.41, 5.74) is 14.7. The van der Waals surface area contributed by atoms with Crippen LogP contribution in [-0.2, 0) is 6.42 Å². The van der Waals surface area contributed by atoms with E-state index in [1.54, 1.807) is 28.8 Å². The second kappa shape index (κ2) is 5.67. The molecule has 0 unspecified atom stereocenters. The van der Waals surface area contributed by atoms with E-state index in [1.807, 2.05) is 13.8 Å². The van der Waals surface area contributed by atoms with Crippen molar-refractivity contribution in [1.29, 1.82) is 0 Å².